The fourth-order valence-corrected chi connectivity index (χ4v) is 7.32. The van der Waals surface area contributed by atoms with Crippen LogP contribution in [0.3, 0.4) is 0 Å². The first-order valence-electron chi connectivity index (χ1n) is 11.0. The fraction of sp³-hybridized carbons (Fsp3) is 0.680. The van der Waals surface area contributed by atoms with E-state index < -0.39 is 5.60 Å². The van der Waals surface area contributed by atoms with Crippen LogP contribution in [0.15, 0.2) is 36.0 Å². The van der Waals surface area contributed by atoms with Crippen LogP contribution in [0.25, 0.3) is 0 Å². The van der Waals surface area contributed by atoms with Crippen molar-refractivity contribution >= 4 is 11.6 Å². The number of Topliss-reactive ketones (excluding diaryl/α,β-unsaturated/α-hetero) is 1. The molecule has 0 spiro atoms. The lowest BCUT2D eigenvalue weighted by Crippen LogP contribution is -2.56. The van der Waals surface area contributed by atoms with Crippen LogP contribution in [0.1, 0.15) is 72.1 Å². The Morgan fingerprint density at radius 2 is 1.96 bits per heavy atom. The molecule has 0 heterocycles. The molecule has 3 nitrogen and oxygen atoms in total. The zero-order chi connectivity index (χ0) is 20.3. The Hall–Kier alpha value is -1.48. The third-order valence-corrected chi connectivity index (χ3v) is 9.05. The molecular formula is C25H34O3. The van der Waals surface area contributed by atoms with Gasteiger partial charge in [0.1, 0.15) is 5.60 Å². The van der Waals surface area contributed by atoms with Gasteiger partial charge in [-0.15, -0.1) is 6.58 Å². The first-order valence-corrected chi connectivity index (χ1v) is 11.0. The van der Waals surface area contributed by atoms with E-state index in [4.69, 9.17) is 0 Å². The number of carbonyl (C=O) groups is 2. The van der Waals surface area contributed by atoms with Crippen molar-refractivity contribution in [2.75, 3.05) is 0 Å². The molecule has 0 aliphatic heterocycles. The van der Waals surface area contributed by atoms with E-state index in [0.29, 0.717) is 30.6 Å². The average molecular weight is 383 g/mol. The smallest absolute Gasteiger partial charge is 0.161 e. The highest BCUT2D eigenvalue weighted by Crippen LogP contribution is 2.67. The topological polar surface area (TPSA) is 54.4 Å². The third kappa shape index (κ3) is 2.51. The SMILES string of the molecule is C=CCCC1=C[C@@H]2[C@H](CC[C@@]3(C)[C@H]2CC[C@]3(O)C(C)=O)[C@@]2(C)CCC(=O)C=C12. The Morgan fingerprint density at radius 3 is 2.64 bits per heavy atom. The molecule has 0 aromatic carbocycles. The number of allylic oxidation sites excluding steroid dienone is 5. The molecule has 0 aromatic rings. The Labute approximate surface area is 169 Å². The van der Waals surface area contributed by atoms with Gasteiger partial charge >= 0.3 is 0 Å². The van der Waals surface area contributed by atoms with Crippen LogP contribution in [-0.4, -0.2) is 22.3 Å². The van der Waals surface area contributed by atoms with Crippen LogP contribution in [0.5, 0.6) is 0 Å². The standard InChI is InChI=1S/C25H34O3/c1-5-6-7-17-14-19-20(23(3)11-8-18(27)15-22(17)23)9-12-24(4)21(19)10-13-25(24,28)16(2)26/h5,14-15,19-21,28H,1,6-13H2,2-4H3/t19-,20+,21+,23-,24+,25+/m1/s1. The monoisotopic (exact) mass is 382 g/mol. The van der Waals surface area contributed by atoms with Crippen molar-refractivity contribution in [3.8, 4) is 0 Å². The summed E-state index contributed by atoms with van der Waals surface area (Å²) in [6.07, 6.45) is 13.1. The minimum absolute atomic E-state index is 0.0299. The molecule has 6 atom stereocenters. The van der Waals surface area contributed by atoms with Crippen molar-refractivity contribution in [1.29, 1.82) is 0 Å². The van der Waals surface area contributed by atoms with E-state index in [1.165, 1.54) is 11.1 Å². The summed E-state index contributed by atoms with van der Waals surface area (Å²) in [5.74, 6) is 1.38. The van der Waals surface area contributed by atoms with Crippen molar-refractivity contribution in [2.45, 2.75) is 77.7 Å². The molecule has 1 N–H and O–H groups in total. The molecule has 2 saturated carbocycles. The molecule has 0 aromatic heterocycles. The summed E-state index contributed by atoms with van der Waals surface area (Å²) >= 11 is 0. The molecule has 28 heavy (non-hydrogen) atoms. The minimum atomic E-state index is -1.18. The number of carbonyl (C=O) groups excluding carboxylic acids is 2. The second-order valence-electron chi connectivity index (χ2n) is 10.2. The molecule has 0 bridgehead atoms. The Morgan fingerprint density at radius 1 is 1.25 bits per heavy atom. The van der Waals surface area contributed by atoms with E-state index in [2.05, 4.69) is 26.5 Å². The number of aliphatic hydroxyl groups is 1. The van der Waals surface area contributed by atoms with Crippen LogP contribution in [-0.2, 0) is 9.59 Å². The molecule has 2 fully saturated rings. The van der Waals surface area contributed by atoms with Crippen LogP contribution < -0.4 is 0 Å². The Kier molecular flexibility index (Phi) is 4.61. The fourth-order valence-electron chi connectivity index (χ4n) is 7.32. The zero-order valence-electron chi connectivity index (χ0n) is 17.6. The number of fused-ring (bicyclic) bond motifs is 5. The predicted molar refractivity (Wildman–Crippen MR) is 111 cm³/mol. The normalized spacial score (nSPS) is 44.7. The van der Waals surface area contributed by atoms with Gasteiger partial charge < -0.3 is 5.11 Å². The van der Waals surface area contributed by atoms with Crippen molar-refractivity contribution in [3.63, 3.8) is 0 Å². The van der Waals surface area contributed by atoms with Gasteiger partial charge in [-0.2, -0.15) is 0 Å². The Bertz CT molecular complexity index is 790. The van der Waals surface area contributed by atoms with Gasteiger partial charge in [0, 0.05) is 11.8 Å². The van der Waals surface area contributed by atoms with Gasteiger partial charge in [0.25, 0.3) is 0 Å². The van der Waals surface area contributed by atoms with Crippen LogP contribution in [0.2, 0.25) is 0 Å². The summed E-state index contributed by atoms with van der Waals surface area (Å²) in [6, 6.07) is 0. The molecule has 0 radical (unpaired) electrons. The first-order chi connectivity index (χ1) is 13.2. The maximum absolute atomic E-state index is 12.4. The van der Waals surface area contributed by atoms with E-state index in [0.717, 1.165) is 38.5 Å². The highest BCUT2D eigenvalue weighted by molar-refractivity contribution is 5.92. The summed E-state index contributed by atoms with van der Waals surface area (Å²) in [5, 5.41) is 11.3. The average Bonchev–Trinajstić information content (AvgIpc) is 2.93. The molecule has 0 unspecified atom stereocenters. The highest BCUT2D eigenvalue weighted by Gasteiger charge is 2.65. The van der Waals surface area contributed by atoms with E-state index in [9.17, 15) is 14.7 Å². The number of hydrogen-bond acceptors (Lipinski definition) is 3. The number of hydrogen-bond donors (Lipinski definition) is 1. The number of ketones is 2. The summed E-state index contributed by atoms with van der Waals surface area (Å²) in [6.45, 7) is 9.95. The highest BCUT2D eigenvalue weighted by atomic mass is 16.3. The molecular weight excluding hydrogens is 348 g/mol. The second kappa shape index (κ2) is 6.52. The van der Waals surface area contributed by atoms with E-state index in [1.54, 1.807) is 6.92 Å². The lowest BCUT2D eigenvalue weighted by atomic mass is 9.47. The van der Waals surface area contributed by atoms with E-state index >= 15 is 0 Å². The van der Waals surface area contributed by atoms with Gasteiger partial charge in [-0.25, -0.2) is 0 Å². The number of rotatable bonds is 4. The summed E-state index contributed by atoms with van der Waals surface area (Å²) in [4.78, 5) is 24.6. The molecule has 4 rings (SSSR count). The van der Waals surface area contributed by atoms with Gasteiger partial charge in [0.05, 0.1) is 0 Å². The maximum atomic E-state index is 12.4. The van der Waals surface area contributed by atoms with E-state index in [-0.39, 0.29) is 22.4 Å². The quantitative estimate of drug-likeness (QED) is 0.700. The van der Waals surface area contributed by atoms with Gasteiger partial charge in [-0.05, 0) is 92.3 Å². The predicted octanol–water partition coefficient (Wildman–Crippen LogP) is 4.95. The molecule has 0 amide bonds. The second-order valence-corrected chi connectivity index (χ2v) is 10.2. The van der Waals surface area contributed by atoms with Crippen molar-refractivity contribution in [3.05, 3.63) is 36.0 Å². The lowest BCUT2D eigenvalue weighted by molar-refractivity contribution is -0.156. The molecule has 4 aliphatic rings. The van der Waals surface area contributed by atoms with Crippen molar-refractivity contribution in [1.82, 2.24) is 0 Å². The van der Waals surface area contributed by atoms with Crippen molar-refractivity contribution < 1.29 is 14.7 Å². The Balaban J connectivity index is 1.80. The third-order valence-electron chi connectivity index (χ3n) is 9.05. The van der Waals surface area contributed by atoms with Gasteiger partial charge in [0.2, 0.25) is 0 Å². The summed E-state index contributed by atoms with van der Waals surface area (Å²) in [7, 11) is 0. The molecule has 4 aliphatic carbocycles. The van der Waals surface area contributed by atoms with Gasteiger partial charge in [-0.3, -0.25) is 9.59 Å². The lowest BCUT2D eigenvalue weighted by Gasteiger charge is -2.58. The van der Waals surface area contributed by atoms with Crippen LogP contribution in [0.4, 0.5) is 0 Å². The van der Waals surface area contributed by atoms with Crippen molar-refractivity contribution in [2.24, 2.45) is 28.6 Å². The molecule has 152 valence electrons. The minimum Gasteiger partial charge on any atom is -0.382 e. The van der Waals surface area contributed by atoms with Crippen LogP contribution in [0, 0.1) is 28.6 Å². The molecule has 0 saturated heterocycles. The van der Waals surface area contributed by atoms with E-state index in [1.807, 2.05) is 12.2 Å². The summed E-state index contributed by atoms with van der Waals surface area (Å²) in [5.41, 5.74) is 1.07. The summed E-state index contributed by atoms with van der Waals surface area (Å²) < 4.78 is 0. The molecule has 3 heteroatoms. The van der Waals surface area contributed by atoms with Gasteiger partial charge in [-0.1, -0.05) is 26.0 Å². The first kappa shape index (κ1) is 19.8. The largest absolute Gasteiger partial charge is 0.382 e. The zero-order valence-corrected chi connectivity index (χ0v) is 17.6. The van der Waals surface area contributed by atoms with Gasteiger partial charge in [0.15, 0.2) is 11.6 Å². The van der Waals surface area contributed by atoms with Crippen LogP contribution >= 0.6 is 0 Å². The maximum Gasteiger partial charge on any atom is 0.161 e.